The van der Waals surface area contributed by atoms with Crippen LogP contribution in [0.5, 0.6) is 0 Å². The molecule has 1 aromatic rings. The van der Waals surface area contributed by atoms with Gasteiger partial charge in [-0.15, -0.1) is 0 Å². The van der Waals surface area contributed by atoms with E-state index in [0.29, 0.717) is 23.6 Å². The fraction of sp³-hybridized carbons (Fsp3) is 0.500. The van der Waals surface area contributed by atoms with Crippen LogP contribution in [-0.4, -0.2) is 18.0 Å². The van der Waals surface area contributed by atoms with Crippen molar-refractivity contribution in [2.45, 2.75) is 51.6 Å². The number of hydrogen-bond acceptors (Lipinski definition) is 4. The summed E-state index contributed by atoms with van der Waals surface area (Å²) in [5.74, 6) is -0.0615. The molecule has 1 aliphatic carbocycles. The summed E-state index contributed by atoms with van der Waals surface area (Å²) in [7, 11) is 0. The van der Waals surface area contributed by atoms with Crippen LogP contribution in [0.3, 0.4) is 0 Å². The molecule has 2 rings (SSSR count). The molecule has 0 unspecified atom stereocenters. The number of nitriles is 1. The molecule has 1 amide bonds. The summed E-state index contributed by atoms with van der Waals surface area (Å²) in [5.41, 5.74) is 1.09. The number of nitrogens with one attached hydrogen (secondary N) is 1. The molecule has 122 valence electrons. The molecule has 0 heterocycles. The number of hydrogen-bond donors (Lipinski definition) is 1. The summed E-state index contributed by atoms with van der Waals surface area (Å²) in [6, 6.07) is 8.54. The van der Waals surface area contributed by atoms with Gasteiger partial charge in [-0.25, -0.2) is 0 Å². The highest BCUT2D eigenvalue weighted by molar-refractivity contribution is 5.95. The number of carbonyl (C=O) groups is 2. The van der Waals surface area contributed by atoms with Crippen LogP contribution in [0.15, 0.2) is 24.3 Å². The molecule has 0 saturated heterocycles. The zero-order chi connectivity index (χ0) is 16.7. The monoisotopic (exact) mass is 314 g/mol. The average Bonchev–Trinajstić information content (AvgIpc) is 3.07. The van der Waals surface area contributed by atoms with E-state index in [2.05, 4.69) is 5.32 Å². The molecule has 5 heteroatoms. The molecule has 5 nitrogen and oxygen atoms in total. The summed E-state index contributed by atoms with van der Waals surface area (Å²) >= 11 is 0. The van der Waals surface area contributed by atoms with Crippen molar-refractivity contribution >= 4 is 17.6 Å². The van der Waals surface area contributed by atoms with E-state index in [1.54, 1.807) is 31.2 Å². The number of esters is 1. The van der Waals surface area contributed by atoms with Crippen LogP contribution in [0.2, 0.25) is 0 Å². The third-order valence-corrected chi connectivity index (χ3v) is 4.19. The Morgan fingerprint density at radius 2 is 1.96 bits per heavy atom. The van der Waals surface area contributed by atoms with Gasteiger partial charge in [0.05, 0.1) is 11.6 Å². The third kappa shape index (κ3) is 5.41. The maximum atomic E-state index is 12.0. The zero-order valence-corrected chi connectivity index (χ0v) is 13.4. The molecular formula is C18H22N2O3. The van der Waals surface area contributed by atoms with Crippen LogP contribution < -0.4 is 5.32 Å². The molecule has 1 N–H and O–H groups in total. The first-order chi connectivity index (χ1) is 11.1. The van der Waals surface area contributed by atoms with Crippen LogP contribution in [0.1, 0.15) is 51.0 Å². The van der Waals surface area contributed by atoms with Crippen molar-refractivity contribution in [1.82, 2.24) is 0 Å². The topological polar surface area (TPSA) is 79.2 Å². The molecule has 0 bridgehead atoms. The van der Waals surface area contributed by atoms with E-state index in [1.165, 1.54) is 25.7 Å². The Bertz CT molecular complexity index is 583. The molecule has 23 heavy (non-hydrogen) atoms. The largest absolute Gasteiger partial charge is 0.453 e. The Morgan fingerprint density at radius 1 is 1.30 bits per heavy atom. The Hall–Kier alpha value is -2.35. The highest BCUT2D eigenvalue weighted by atomic mass is 16.5. The normalized spacial score (nSPS) is 15.7. The Labute approximate surface area is 136 Å². The van der Waals surface area contributed by atoms with Crippen LogP contribution in [0, 0.1) is 17.2 Å². The second-order valence-corrected chi connectivity index (χ2v) is 6.00. The molecule has 0 aromatic heterocycles. The lowest BCUT2D eigenvalue weighted by atomic mass is 10.0. The molecule has 1 saturated carbocycles. The number of amides is 1. The van der Waals surface area contributed by atoms with E-state index < -0.39 is 6.10 Å². The molecule has 0 aliphatic heterocycles. The SMILES string of the molecule is C[C@@H](OC(=O)CCC1CCCC1)C(=O)Nc1ccc(C#N)cc1. The van der Waals surface area contributed by atoms with Gasteiger partial charge in [0.25, 0.3) is 5.91 Å². The fourth-order valence-corrected chi connectivity index (χ4v) is 2.80. The van der Waals surface area contributed by atoms with Crippen molar-refractivity contribution in [3.05, 3.63) is 29.8 Å². The van der Waals surface area contributed by atoms with Crippen molar-refractivity contribution in [3.8, 4) is 6.07 Å². The van der Waals surface area contributed by atoms with Gasteiger partial charge >= 0.3 is 5.97 Å². The summed E-state index contributed by atoms with van der Waals surface area (Å²) < 4.78 is 5.19. The van der Waals surface area contributed by atoms with E-state index in [0.717, 1.165) is 6.42 Å². The predicted octanol–water partition coefficient (Wildman–Crippen LogP) is 3.40. The minimum atomic E-state index is -0.832. The minimum absolute atomic E-state index is 0.320. The van der Waals surface area contributed by atoms with Gasteiger partial charge in [0, 0.05) is 12.1 Å². The highest BCUT2D eigenvalue weighted by Crippen LogP contribution is 2.28. The summed E-state index contributed by atoms with van der Waals surface area (Å²) in [6.45, 7) is 1.56. The van der Waals surface area contributed by atoms with Gasteiger partial charge in [-0.1, -0.05) is 25.7 Å². The third-order valence-electron chi connectivity index (χ3n) is 4.19. The van der Waals surface area contributed by atoms with Gasteiger partial charge in [-0.05, 0) is 43.5 Å². The number of ether oxygens (including phenoxy) is 1. The lowest BCUT2D eigenvalue weighted by Gasteiger charge is -2.14. The molecule has 1 aliphatic rings. The van der Waals surface area contributed by atoms with Crippen molar-refractivity contribution in [3.63, 3.8) is 0 Å². The fourth-order valence-electron chi connectivity index (χ4n) is 2.80. The number of carbonyl (C=O) groups excluding carboxylic acids is 2. The second kappa shape index (κ2) is 8.33. The summed E-state index contributed by atoms with van der Waals surface area (Å²) in [6.07, 6.45) is 5.29. The summed E-state index contributed by atoms with van der Waals surface area (Å²) in [5, 5.41) is 11.4. The Kier molecular flexibility index (Phi) is 6.16. The zero-order valence-electron chi connectivity index (χ0n) is 13.4. The maximum absolute atomic E-state index is 12.0. The standard InChI is InChI=1S/C18H22N2O3/c1-13(23-17(21)11-8-14-4-2-3-5-14)18(22)20-16-9-6-15(12-19)7-10-16/h6-7,9-10,13-14H,2-5,8,11H2,1H3,(H,20,22)/t13-/m1/s1. The molecular weight excluding hydrogens is 292 g/mol. The van der Waals surface area contributed by atoms with E-state index in [4.69, 9.17) is 10.00 Å². The molecule has 1 aromatic carbocycles. The van der Waals surface area contributed by atoms with Crippen LogP contribution >= 0.6 is 0 Å². The first kappa shape index (κ1) is 17.0. The molecule has 0 radical (unpaired) electrons. The smallest absolute Gasteiger partial charge is 0.306 e. The Balaban J connectivity index is 1.74. The molecule has 1 fully saturated rings. The van der Waals surface area contributed by atoms with Crippen molar-refractivity contribution in [2.24, 2.45) is 5.92 Å². The lowest BCUT2D eigenvalue weighted by molar-refractivity contribution is -0.153. The van der Waals surface area contributed by atoms with Gasteiger partial charge in [0.1, 0.15) is 0 Å². The quantitative estimate of drug-likeness (QED) is 0.816. The number of benzene rings is 1. The van der Waals surface area contributed by atoms with Crippen molar-refractivity contribution < 1.29 is 14.3 Å². The summed E-state index contributed by atoms with van der Waals surface area (Å²) in [4.78, 5) is 23.8. The first-order valence-corrected chi connectivity index (χ1v) is 8.09. The molecule has 1 atom stereocenters. The number of nitrogens with zero attached hydrogens (tertiary/aromatic N) is 1. The van der Waals surface area contributed by atoms with Crippen molar-refractivity contribution in [2.75, 3.05) is 5.32 Å². The van der Waals surface area contributed by atoms with Crippen LogP contribution in [0.25, 0.3) is 0 Å². The van der Waals surface area contributed by atoms with E-state index in [1.807, 2.05) is 6.07 Å². The van der Waals surface area contributed by atoms with Gasteiger partial charge in [0.2, 0.25) is 0 Å². The second-order valence-electron chi connectivity index (χ2n) is 6.00. The maximum Gasteiger partial charge on any atom is 0.306 e. The van der Waals surface area contributed by atoms with E-state index in [9.17, 15) is 9.59 Å². The highest BCUT2D eigenvalue weighted by Gasteiger charge is 2.20. The molecule has 0 spiro atoms. The predicted molar refractivity (Wildman–Crippen MR) is 86.5 cm³/mol. The van der Waals surface area contributed by atoms with Gasteiger partial charge in [0.15, 0.2) is 6.10 Å². The Morgan fingerprint density at radius 3 is 2.57 bits per heavy atom. The first-order valence-electron chi connectivity index (χ1n) is 8.09. The average molecular weight is 314 g/mol. The van der Waals surface area contributed by atoms with Gasteiger partial charge < -0.3 is 10.1 Å². The van der Waals surface area contributed by atoms with Crippen molar-refractivity contribution in [1.29, 1.82) is 5.26 Å². The number of rotatable bonds is 6. The van der Waals surface area contributed by atoms with E-state index in [-0.39, 0.29) is 11.9 Å². The lowest BCUT2D eigenvalue weighted by Crippen LogP contribution is -2.30. The van der Waals surface area contributed by atoms with Gasteiger partial charge in [-0.2, -0.15) is 5.26 Å². The van der Waals surface area contributed by atoms with Crippen LogP contribution in [0.4, 0.5) is 5.69 Å². The van der Waals surface area contributed by atoms with E-state index >= 15 is 0 Å². The van der Waals surface area contributed by atoms with Gasteiger partial charge in [-0.3, -0.25) is 9.59 Å². The minimum Gasteiger partial charge on any atom is -0.453 e. The number of anilines is 1. The van der Waals surface area contributed by atoms with Crippen LogP contribution in [-0.2, 0) is 14.3 Å².